The summed E-state index contributed by atoms with van der Waals surface area (Å²) in [6, 6.07) is 16.7. The van der Waals surface area contributed by atoms with E-state index in [0.29, 0.717) is 17.1 Å². The van der Waals surface area contributed by atoms with E-state index in [2.05, 4.69) is 10.3 Å². The summed E-state index contributed by atoms with van der Waals surface area (Å²) < 4.78 is 31.7. The molecule has 1 aromatic heterocycles. The largest absolute Gasteiger partial charge is 0.476 e. The Balaban J connectivity index is 1.48. The topological polar surface area (TPSA) is 88.6 Å². The fourth-order valence-electron chi connectivity index (χ4n) is 3.48. The highest BCUT2D eigenvalue weighted by atomic mass is 32.2. The molecule has 0 fully saturated rings. The molecule has 7 nitrogen and oxygen atoms in total. The summed E-state index contributed by atoms with van der Waals surface area (Å²) >= 11 is 0. The van der Waals surface area contributed by atoms with Crippen LogP contribution >= 0.6 is 0 Å². The van der Waals surface area contributed by atoms with Gasteiger partial charge in [-0.2, -0.15) is 0 Å². The predicted molar refractivity (Wildman–Crippen MR) is 120 cm³/mol. The second-order valence-corrected chi connectivity index (χ2v) is 9.50. The average Bonchev–Trinajstić information content (AvgIpc) is 2.74. The first-order chi connectivity index (χ1) is 14.8. The van der Waals surface area contributed by atoms with Gasteiger partial charge < -0.3 is 10.1 Å². The number of amides is 1. The van der Waals surface area contributed by atoms with Crippen LogP contribution in [-0.2, 0) is 21.2 Å². The maximum atomic E-state index is 12.8. The lowest BCUT2D eigenvalue weighted by atomic mass is 10.1. The van der Waals surface area contributed by atoms with Gasteiger partial charge in [-0.25, -0.2) is 8.42 Å². The molecule has 2 aromatic carbocycles. The van der Waals surface area contributed by atoms with Crippen LogP contribution in [0, 0.1) is 6.92 Å². The summed E-state index contributed by atoms with van der Waals surface area (Å²) in [5.74, 6) is -0.0307. The molecule has 1 aliphatic heterocycles. The van der Waals surface area contributed by atoms with E-state index < -0.39 is 22.0 Å². The molecular weight excluding hydrogens is 414 g/mol. The molecule has 3 aromatic rings. The Morgan fingerprint density at radius 2 is 1.77 bits per heavy atom. The highest BCUT2D eigenvalue weighted by Crippen LogP contribution is 2.36. The van der Waals surface area contributed by atoms with E-state index in [1.807, 2.05) is 49.4 Å². The monoisotopic (exact) mass is 437 g/mol. The molecule has 0 bridgehead atoms. The lowest BCUT2D eigenvalue weighted by molar-refractivity contribution is -0.122. The van der Waals surface area contributed by atoms with Crippen molar-refractivity contribution >= 4 is 27.3 Å². The molecule has 1 amide bonds. The Morgan fingerprint density at radius 1 is 1.10 bits per heavy atom. The van der Waals surface area contributed by atoms with Crippen LogP contribution in [0.25, 0.3) is 0 Å². The Bertz CT molecular complexity index is 1200. The van der Waals surface area contributed by atoms with Gasteiger partial charge in [0.2, 0.25) is 10.0 Å². The lowest BCUT2D eigenvalue weighted by Crippen LogP contribution is -2.48. The van der Waals surface area contributed by atoms with Crippen molar-refractivity contribution in [3.8, 4) is 5.75 Å². The summed E-state index contributed by atoms with van der Waals surface area (Å²) in [4.78, 5) is 16.8. The number of fused-ring (bicyclic) bond motifs is 1. The normalized spacial score (nSPS) is 15.7. The summed E-state index contributed by atoms with van der Waals surface area (Å²) in [5, 5.41) is 2.82. The minimum Gasteiger partial charge on any atom is -0.476 e. The molecule has 0 aliphatic carbocycles. The molecule has 31 heavy (non-hydrogen) atoms. The minimum absolute atomic E-state index is 0.0821. The number of benzene rings is 2. The second-order valence-electron chi connectivity index (χ2n) is 7.59. The Labute approximate surface area is 181 Å². The maximum absolute atomic E-state index is 12.8. The number of carbonyl (C=O) groups is 1. The van der Waals surface area contributed by atoms with Gasteiger partial charge in [0.1, 0.15) is 5.75 Å². The van der Waals surface area contributed by atoms with Crippen molar-refractivity contribution in [1.82, 2.24) is 4.98 Å². The van der Waals surface area contributed by atoms with Crippen molar-refractivity contribution in [1.29, 1.82) is 0 Å². The van der Waals surface area contributed by atoms with Crippen LogP contribution in [0.1, 0.15) is 16.7 Å². The Morgan fingerprint density at radius 3 is 2.45 bits per heavy atom. The van der Waals surface area contributed by atoms with E-state index >= 15 is 0 Å². The third kappa shape index (κ3) is 4.86. The van der Waals surface area contributed by atoms with Crippen LogP contribution in [-0.4, -0.2) is 38.2 Å². The van der Waals surface area contributed by atoms with Gasteiger partial charge in [0.05, 0.1) is 18.5 Å². The van der Waals surface area contributed by atoms with Gasteiger partial charge in [-0.15, -0.1) is 0 Å². The number of pyridine rings is 1. The van der Waals surface area contributed by atoms with Crippen molar-refractivity contribution in [2.24, 2.45) is 0 Å². The number of nitrogens with zero attached hydrogens (tertiary/aromatic N) is 2. The molecule has 0 unspecified atom stereocenters. The van der Waals surface area contributed by atoms with Crippen LogP contribution in [0.4, 0.5) is 11.4 Å². The number of carbonyl (C=O) groups excluding carboxylic acids is 1. The average molecular weight is 438 g/mol. The molecule has 0 radical (unpaired) electrons. The van der Waals surface area contributed by atoms with Crippen molar-refractivity contribution in [3.63, 3.8) is 0 Å². The SMILES string of the molecule is Cc1ccc2c(c1)N(S(C)(=O)=O)C[C@H](C(=O)Nc1ccc(Cc3ccncc3)cc1)O2. The zero-order valence-corrected chi connectivity index (χ0v) is 18.1. The van der Waals surface area contributed by atoms with Crippen LogP contribution in [0.5, 0.6) is 5.75 Å². The minimum atomic E-state index is -3.56. The molecule has 8 heteroatoms. The number of aromatic nitrogens is 1. The van der Waals surface area contributed by atoms with Crippen molar-refractivity contribution in [2.45, 2.75) is 19.4 Å². The smallest absolute Gasteiger partial charge is 0.267 e. The molecule has 1 atom stereocenters. The molecule has 0 saturated heterocycles. The van der Waals surface area contributed by atoms with Gasteiger partial charge in [0.25, 0.3) is 5.91 Å². The Hall–Kier alpha value is -3.39. The molecule has 160 valence electrons. The fourth-order valence-corrected chi connectivity index (χ4v) is 4.38. The van der Waals surface area contributed by atoms with E-state index in [9.17, 15) is 13.2 Å². The number of hydrogen-bond donors (Lipinski definition) is 1. The molecule has 1 N–H and O–H groups in total. The summed E-state index contributed by atoms with van der Waals surface area (Å²) in [6.45, 7) is 1.79. The van der Waals surface area contributed by atoms with E-state index in [1.54, 1.807) is 24.5 Å². The lowest BCUT2D eigenvalue weighted by Gasteiger charge is -2.34. The number of sulfonamides is 1. The number of anilines is 2. The zero-order chi connectivity index (χ0) is 22.0. The summed E-state index contributed by atoms with van der Waals surface area (Å²) in [7, 11) is -3.56. The second kappa shape index (κ2) is 8.39. The van der Waals surface area contributed by atoms with Gasteiger partial charge in [0, 0.05) is 18.1 Å². The predicted octanol–water partition coefficient (Wildman–Crippen LogP) is 3.15. The zero-order valence-electron chi connectivity index (χ0n) is 17.3. The van der Waals surface area contributed by atoms with E-state index in [1.165, 1.54) is 4.31 Å². The van der Waals surface area contributed by atoms with Crippen LogP contribution < -0.4 is 14.4 Å². The van der Waals surface area contributed by atoms with Gasteiger partial charge in [-0.3, -0.25) is 14.1 Å². The molecule has 0 saturated carbocycles. The number of hydrogen-bond acceptors (Lipinski definition) is 5. The maximum Gasteiger partial charge on any atom is 0.267 e. The Kier molecular flexibility index (Phi) is 5.65. The molecule has 2 heterocycles. The molecular formula is C23H23N3O4S. The summed E-state index contributed by atoms with van der Waals surface area (Å²) in [5.41, 5.74) is 4.23. The fraction of sp³-hybridized carbons (Fsp3) is 0.217. The first-order valence-corrected chi connectivity index (χ1v) is 11.7. The van der Waals surface area contributed by atoms with Gasteiger partial charge >= 0.3 is 0 Å². The highest BCUT2D eigenvalue weighted by molar-refractivity contribution is 7.92. The number of rotatable bonds is 5. The van der Waals surface area contributed by atoms with Crippen LogP contribution in [0.15, 0.2) is 67.0 Å². The van der Waals surface area contributed by atoms with E-state index in [0.717, 1.165) is 29.4 Å². The van der Waals surface area contributed by atoms with Gasteiger partial charge in [0.15, 0.2) is 6.10 Å². The molecule has 4 rings (SSSR count). The van der Waals surface area contributed by atoms with Gasteiger partial charge in [-0.1, -0.05) is 18.2 Å². The standard InChI is InChI=1S/C23H23N3O4S/c1-16-3-8-21-20(13-16)26(31(2,28)29)15-22(30-21)23(27)25-19-6-4-17(5-7-19)14-18-9-11-24-12-10-18/h3-13,22H,14-15H2,1-2H3,(H,25,27)/t22-/m1/s1. The van der Waals surface area contributed by atoms with Gasteiger partial charge in [-0.05, 0) is 66.4 Å². The van der Waals surface area contributed by atoms with E-state index in [-0.39, 0.29) is 6.54 Å². The summed E-state index contributed by atoms with van der Waals surface area (Å²) in [6.07, 6.45) is 4.45. The quantitative estimate of drug-likeness (QED) is 0.662. The number of nitrogens with one attached hydrogen (secondary N) is 1. The van der Waals surface area contributed by atoms with Crippen LogP contribution in [0.3, 0.4) is 0 Å². The highest BCUT2D eigenvalue weighted by Gasteiger charge is 2.35. The third-order valence-corrected chi connectivity index (χ3v) is 6.20. The number of aryl methyl sites for hydroxylation is 1. The van der Waals surface area contributed by atoms with E-state index in [4.69, 9.17) is 4.74 Å². The van der Waals surface area contributed by atoms with Crippen molar-refractivity contribution < 1.29 is 17.9 Å². The first kappa shape index (κ1) is 20.9. The number of ether oxygens (including phenoxy) is 1. The third-order valence-electron chi connectivity index (χ3n) is 5.06. The van der Waals surface area contributed by atoms with Crippen LogP contribution in [0.2, 0.25) is 0 Å². The first-order valence-electron chi connectivity index (χ1n) is 9.83. The van der Waals surface area contributed by atoms with Crippen molar-refractivity contribution in [2.75, 3.05) is 22.4 Å². The van der Waals surface area contributed by atoms with Crippen molar-refractivity contribution in [3.05, 3.63) is 83.7 Å². The molecule has 1 aliphatic rings. The molecule has 0 spiro atoms.